The molecule has 0 rings (SSSR count). The minimum absolute atomic E-state index is 0.0341. The molecule has 0 saturated heterocycles. The summed E-state index contributed by atoms with van der Waals surface area (Å²) in [5, 5.41) is 0. The topological polar surface area (TPSA) is 108 Å². The van der Waals surface area contributed by atoms with Crippen LogP contribution in [0.2, 0.25) is 0 Å². The van der Waals surface area contributed by atoms with Gasteiger partial charge >= 0.3 is 19.8 Å². The average Bonchev–Trinajstić information content (AvgIpc) is 3.32. The predicted octanol–water partition coefficient (Wildman–Crippen LogP) is 18.4. The van der Waals surface area contributed by atoms with Gasteiger partial charge in [0.05, 0.1) is 27.7 Å². The summed E-state index contributed by atoms with van der Waals surface area (Å²) in [6.45, 7) is 4.46. The quantitative estimate of drug-likeness (QED) is 0.0211. The third-order valence-electron chi connectivity index (χ3n) is 13.2. The molecule has 2 unspecified atom stereocenters. The Kier molecular flexibility index (Phi) is 50.8. The number of nitrogens with zero attached hydrogens (tertiary/aromatic N) is 1. The number of carbonyl (C=O) groups is 2. The lowest BCUT2D eigenvalue weighted by Crippen LogP contribution is -2.37. The smallest absolute Gasteiger partial charge is 0.462 e. The first-order valence-electron chi connectivity index (χ1n) is 29.7. The summed E-state index contributed by atoms with van der Waals surface area (Å²) < 4.78 is 34.6. The van der Waals surface area contributed by atoms with Gasteiger partial charge in [0, 0.05) is 12.8 Å². The van der Waals surface area contributed by atoms with Crippen molar-refractivity contribution in [1.82, 2.24) is 0 Å². The minimum atomic E-state index is -4.38. The zero-order chi connectivity index (χ0) is 51.3. The number of quaternary nitrogens is 1. The molecule has 70 heavy (non-hydrogen) atoms. The Bertz CT molecular complexity index is 1280. The van der Waals surface area contributed by atoms with Crippen molar-refractivity contribution in [2.75, 3.05) is 47.5 Å². The molecule has 0 bridgehead atoms. The monoisotopic (exact) mass is 1010 g/mol. The predicted molar refractivity (Wildman–Crippen MR) is 298 cm³/mol. The third kappa shape index (κ3) is 55.5. The van der Waals surface area contributed by atoms with Crippen LogP contribution in [0.15, 0.2) is 36.5 Å². The van der Waals surface area contributed by atoms with Crippen LogP contribution in [0.4, 0.5) is 0 Å². The number of esters is 2. The molecule has 0 amide bonds. The molecule has 0 aromatic rings. The molecule has 0 saturated carbocycles. The highest BCUT2D eigenvalue weighted by Crippen LogP contribution is 2.43. The number of rotatable bonds is 55. The van der Waals surface area contributed by atoms with Crippen molar-refractivity contribution in [3.63, 3.8) is 0 Å². The van der Waals surface area contributed by atoms with Crippen LogP contribution in [0.25, 0.3) is 0 Å². The standard InChI is InChI=1S/C60H114NO8P/c1-6-8-10-12-14-16-18-20-22-23-24-25-26-27-28-29-30-31-32-33-34-35-36-37-39-41-43-45-47-49-51-53-60(63)69-58(57-68-70(64,65)67-55-54-61(3,4)5)56-66-59(62)52-50-48-46-44-42-40-38-21-19-17-15-13-11-9-7-2/h18,20,23-24,26-27,58H,6-17,19,21-22,25,28-57H2,1-5H3/p+1/b20-18-,24-23-,27-26-. The van der Waals surface area contributed by atoms with Gasteiger partial charge in [-0.2, -0.15) is 0 Å². The van der Waals surface area contributed by atoms with Gasteiger partial charge in [-0.3, -0.25) is 18.6 Å². The fraction of sp³-hybridized carbons (Fsp3) is 0.867. The van der Waals surface area contributed by atoms with Crippen molar-refractivity contribution >= 4 is 19.8 Å². The SMILES string of the molecule is CCCCCCC/C=C\C/C=C\C/C=C\CCCCCCCCCCCCCCCCCCC(=O)OC(COC(=O)CCCCCCCCCCCCCCCCC)COP(=O)(O)OCC[N+](C)(C)C. The number of hydrogen-bond acceptors (Lipinski definition) is 7. The number of unbranched alkanes of at least 4 members (excludes halogenated alkanes) is 35. The molecule has 0 aromatic carbocycles. The van der Waals surface area contributed by atoms with Crippen molar-refractivity contribution in [3.05, 3.63) is 36.5 Å². The molecule has 0 spiro atoms. The van der Waals surface area contributed by atoms with E-state index in [0.29, 0.717) is 23.9 Å². The van der Waals surface area contributed by atoms with Gasteiger partial charge in [-0.25, -0.2) is 4.57 Å². The Hall–Kier alpha value is -1.77. The largest absolute Gasteiger partial charge is 0.472 e. The fourth-order valence-corrected chi connectivity index (χ4v) is 9.30. The summed E-state index contributed by atoms with van der Waals surface area (Å²) in [5.41, 5.74) is 0. The first-order chi connectivity index (χ1) is 34.0. The second-order valence-corrected chi connectivity index (χ2v) is 22.8. The number of likely N-dealkylation sites (N-methyl/N-ethyl adjacent to an activating group) is 1. The van der Waals surface area contributed by atoms with Crippen LogP contribution in [0, 0.1) is 0 Å². The Morgan fingerprint density at radius 2 is 0.771 bits per heavy atom. The van der Waals surface area contributed by atoms with E-state index >= 15 is 0 Å². The van der Waals surface area contributed by atoms with E-state index in [1.54, 1.807) is 0 Å². The van der Waals surface area contributed by atoms with Crippen molar-refractivity contribution in [1.29, 1.82) is 0 Å². The second kappa shape index (κ2) is 52.1. The van der Waals surface area contributed by atoms with Crippen LogP contribution in [0.5, 0.6) is 0 Å². The van der Waals surface area contributed by atoms with Crippen molar-refractivity contribution in [3.8, 4) is 0 Å². The summed E-state index contributed by atoms with van der Waals surface area (Å²) in [6.07, 6.45) is 63.6. The van der Waals surface area contributed by atoms with E-state index < -0.39 is 26.5 Å². The normalized spacial score (nSPS) is 13.5. The van der Waals surface area contributed by atoms with E-state index in [4.69, 9.17) is 18.5 Å². The molecular formula is C60H115NO8P+. The van der Waals surface area contributed by atoms with Crippen LogP contribution >= 0.6 is 7.82 Å². The molecule has 0 aromatic heterocycles. The van der Waals surface area contributed by atoms with Gasteiger partial charge in [0.1, 0.15) is 19.8 Å². The van der Waals surface area contributed by atoms with Crippen LogP contribution in [0.3, 0.4) is 0 Å². The van der Waals surface area contributed by atoms with E-state index in [1.807, 2.05) is 21.1 Å². The fourth-order valence-electron chi connectivity index (χ4n) is 8.55. The van der Waals surface area contributed by atoms with Gasteiger partial charge in [0.15, 0.2) is 6.10 Å². The molecule has 0 fully saturated rings. The summed E-state index contributed by atoms with van der Waals surface area (Å²) in [4.78, 5) is 35.6. The van der Waals surface area contributed by atoms with Gasteiger partial charge in [-0.05, 0) is 51.4 Å². The molecule has 412 valence electrons. The van der Waals surface area contributed by atoms with Crippen molar-refractivity contribution in [2.24, 2.45) is 0 Å². The number of phosphoric acid groups is 1. The first kappa shape index (κ1) is 68.2. The van der Waals surface area contributed by atoms with E-state index in [0.717, 1.165) is 44.9 Å². The van der Waals surface area contributed by atoms with Crippen LogP contribution < -0.4 is 0 Å². The van der Waals surface area contributed by atoms with Gasteiger partial charge < -0.3 is 18.9 Å². The van der Waals surface area contributed by atoms with Gasteiger partial charge in [0.2, 0.25) is 0 Å². The van der Waals surface area contributed by atoms with Crippen LogP contribution in [-0.2, 0) is 32.7 Å². The minimum Gasteiger partial charge on any atom is -0.462 e. The molecule has 0 aliphatic rings. The lowest BCUT2D eigenvalue weighted by atomic mass is 10.0. The van der Waals surface area contributed by atoms with Gasteiger partial charge in [-0.1, -0.05) is 256 Å². The first-order valence-corrected chi connectivity index (χ1v) is 31.2. The highest BCUT2D eigenvalue weighted by Gasteiger charge is 2.27. The zero-order valence-electron chi connectivity index (χ0n) is 46.8. The maximum Gasteiger partial charge on any atom is 0.472 e. The molecule has 0 heterocycles. The highest BCUT2D eigenvalue weighted by atomic mass is 31.2. The molecule has 10 heteroatoms. The molecule has 0 aliphatic heterocycles. The molecule has 1 N–H and O–H groups in total. The van der Waals surface area contributed by atoms with Crippen LogP contribution in [-0.4, -0.2) is 74.9 Å². The Balaban J connectivity index is 4.05. The molecule has 0 radical (unpaired) electrons. The van der Waals surface area contributed by atoms with Crippen molar-refractivity contribution < 1.29 is 42.1 Å². The van der Waals surface area contributed by atoms with E-state index in [-0.39, 0.29) is 25.6 Å². The Labute approximate surface area is 433 Å². The third-order valence-corrected chi connectivity index (χ3v) is 14.2. The second-order valence-electron chi connectivity index (χ2n) is 21.4. The summed E-state index contributed by atoms with van der Waals surface area (Å²) >= 11 is 0. The number of phosphoric ester groups is 1. The van der Waals surface area contributed by atoms with Gasteiger partial charge in [0.25, 0.3) is 0 Å². The van der Waals surface area contributed by atoms with Crippen LogP contribution in [0.1, 0.15) is 284 Å². The van der Waals surface area contributed by atoms with Gasteiger partial charge in [-0.15, -0.1) is 0 Å². The average molecular weight is 1010 g/mol. The maximum atomic E-state index is 12.8. The molecule has 0 aliphatic carbocycles. The summed E-state index contributed by atoms with van der Waals surface area (Å²) in [6, 6.07) is 0. The zero-order valence-corrected chi connectivity index (χ0v) is 47.7. The lowest BCUT2D eigenvalue weighted by molar-refractivity contribution is -0.870. The maximum absolute atomic E-state index is 12.8. The number of hydrogen-bond donors (Lipinski definition) is 1. The molecule has 2 atom stereocenters. The summed E-state index contributed by atoms with van der Waals surface area (Å²) in [7, 11) is 1.49. The molecular weight excluding hydrogens is 894 g/mol. The Morgan fingerprint density at radius 3 is 1.14 bits per heavy atom. The van der Waals surface area contributed by atoms with Crippen molar-refractivity contribution in [2.45, 2.75) is 290 Å². The summed E-state index contributed by atoms with van der Waals surface area (Å²) in [5.74, 6) is -0.783. The van der Waals surface area contributed by atoms with E-state index in [2.05, 4.69) is 50.3 Å². The van der Waals surface area contributed by atoms with E-state index in [1.165, 1.54) is 205 Å². The molecule has 9 nitrogen and oxygen atoms in total. The lowest BCUT2D eigenvalue weighted by Gasteiger charge is -2.24. The highest BCUT2D eigenvalue weighted by molar-refractivity contribution is 7.47. The number of allylic oxidation sites excluding steroid dienone is 6. The number of ether oxygens (including phenoxy) is 2. The number of carbonyl (C=O) groups excluding carboxylic acids is 2. The van der Waals surface area contributed by atoms with E-state index in [9.17, 15) is 19.0 Å². The Morgan fingerprint density at radius 1 is 0.443 bits per heavy atom.